The number of benzene rings is 1. The number of aromatic nitrogens is 3. The van der Waals surface area contributed by atoms with Crippen LogP contribution in [0.3, 0.4) is 0 Å². The summed E-state index contributed by atoms with van der Waals surface area (Å²) in [6, 6.07) is 16.7. The molecule has 0 aliphatic rings. The minimum atomic E-state index is 0.350. The fourth-order valence-corrected chi connectivity index (χ4v) is 1.94. The molecule has 20 heavy (non-hydrogen) atoms. The Morgan fingerprint density at radius 1 is 1.10 bits per heavy atom. The van der Waals surface area contributed by atoms with Crippen LogP contribution >= 0.6 is 0 Å². The molecule has 0 unspecified atom stereocenters. The number of hydrogen-bond donors (Lipinski definition) is 1. The Kier molecular flexibility index (Phi) is 2.90. The van der Waals surface area contributed by atoms with Crippen molar-refractivity contribution in [3.63, 3.8) is 0 Å². The number of nitrogens with zero attached hydrogens (tertiary/aromatic N) is 4. The Balaban J connectivity index is 2.18. The van der Waals surface area contributed by atoms with Crippen LogP contribution in [0, 0.1) is 11.3 Å². The SMILES string of the molecule is N#Cc1cc(-c2ccccn2)n(-c2ccc(N)cc2)n1. The maximum Gasteiger partial charge on any atom is 0.163 e. The maximum absolute atomic E-state index is 9.05. The highest BCUT2D eigenvalue weighted by molar-refractivity contribution is 5.60. The molecule has 5 nitrogen and oxygen atoms in total. The number of hydrogen-bond acceptors (Lipinski definition) is 4. The van der Waals surface area contributed by atoms with Crippen LogP contribution in [0.2, 0.25) is 0 Å². The van der Waals surface area contributed by atoms with Gasteiger partial charge >= 0.3 is 0 Å². The molecule has 0 radical (unpaired) electrons. The second kappa shape index (κ2) is 4.86. The molecule has 0 bridgehead atoms. The standard InChI is InChI=1S/C15H11N5/c16-10-12-9-15(14-3-1-2-8-18-14)20(19-12)13-6-4-11(17)5-7-13/h1-9H,17H2. The van der Waals surface area contributed by atoms with E-state index in [1.165, 1.54) is 0 Å². The predicted octanol–water partition coefficient (Wildman–Crippen LogP) is 2.39. The highest BCUT2D eigenvalue weighted by Crippen LogP contribution is 2.22. The molecule has 0 saturated heterocycles. The molecule has 0 aliphatic carbocycles. The first kappa shape index (κ1) is 11.9. The number of rotatable bonds is 2. The van der Waals surface area contributed by atoms with Crippen LogP contribution in [0.1, 0.15) is 5.69 Å². The quantitative estimate of drug-likeness (QED) is 0.718. The van der Waals surface area contributed by atoms with Crippen LogP contribution in [0.25, 0.3) is 17.1 Å². The molecule has 0 aliphatic heterocycles. The van der Waals surface area contributed by atoms with E-state index in [0.29, 0.717) is 11.4 Å². The van der Waals surface area contributed by atoms with E-state index in [1.54, 1.807) is 29.1 Å². The average molecular weight is 261 g/mol. The lowest BCUT2D eigenvalue weighted by Crippen LogP contribution is -2.00. The Labute approximate surface area is 115 Å². The minimum absolute atomic E-state index is 0.350. The number of nitrogens with two attached hydrogens (primary N) is 1. The number of nitriles is 1. The highest BCUT2D eigenvalue weighted by atomic mass is 15.3. The Morgan fingerprint density at radius 2 is 1.90 bits per heavy atom. The number of pyridine rings is 1. The van der Waals surface area contributed by atoms with Gasteiger partial charge in [-0.3, -0.25) is 4.98 Å². The second-order valence-electron chi connectivity index (χ2n) is 4.24. The van der Waals surface area contributed by atoms with Gasteiger partial charge in [0.1, 0.15) is 6.07 Å². The molecule has 3 rings (SSSR count). The van der Waals surface area contributed by atoms with Gasteiger partial charge in [-0.1, -0.05) is 6.07 Å². The van der Waals surface area contributed by atoms with Gasteiger partial charge in [-0.25, -0.2) is 4.68 Å². The molecular weight excluding hydrogens is 250 g/mol. The monoisotopic (exact) mass is 261 g/mol. The fourth-order valence-electron chi connectivity index (χ4n) is 1.94. The zero-order chi connectivity index (χ0) is 13.9. The summed E-state index contributed by atoms with van der Waals surface area (Å²) >= 11 is 0. The summed E-state index contributed by atoms with van der Waals surface area (Å²) < 4.78 is 1.69. The van der Waals surface area contributed by atoms with Crippen LogP contribution in [-0.4, -0.2) is 14.8 Å². The Morgan fingerprint density at radius 3 is 2.55 bits per heavy atom. The van der Waals surface area contributed by atoms with Gasteiger partial charge in [0.25, 0.3) is 0 Å². The van der Waals surface area contributed by atoms with Crippen LogP contribution < -0.4 is 5.73 Å². The van der Waals surface area contributed by atoms with Crippen molar-refractivity contribution in [3.05, 3.63) is 60.4 Å². The number of nitrogen functional groups attached to an aromatic ring is 1. The zero-order valence-corrected chi connectivity index (χ0v) is 10.6. The van der Waals surface area contributed by atoms with E-state index in [-0.39, 0.29) is 0 Å². The van der Waals surface area contributed by atoms with Gasteiger partial charge < -0.3 is 5.73 Å². The van der Waals surface area contributed by atoms with Crippen molar-refractivity contribution in [3.8, 4) is 23.1 Å². The number of anilines is 1. The molecule has 0 amide bonds. The van der Waals surface area contributed by atoms with Crippen LogP contribution in [0.15, 0.2) is 54.7 Å². The molecule has 2 N–H and O–H groups in total. The van der Waals surface area contributed by atoms with Gasteiger partial charge in [0, 0.05) is 18.0 Å². The van der Waals surface area contributed by atoms with Gasteiger partial charge in [-0.2, -0.15) is 10.4 Å². The molecule has 0 spiro atoms. The molecule has 3 aromatic rings. The summed E-state index contributed by atoms with van der Waals surface area (Å²) in [5.74, 6) is 0. The fraction of sp³-hybridized carbons (Fsp3) is 0. The van der Waals surface area contributed by atoms with Crippen molar-refractivity contribution < 1.29 is 0 Å². The molecule has 2 aromatic heterocycles. The van der Waals surface area contributed by atoms with E-state index < -0.39 is 0 Å². The van der Waals surface area contributed by atoms with Crippen molar-refractivity contribution >= 4 is 5.69 Å². The molecule has 0 saturated carbocycles. The molecule has 0 atom stereocenters. The first-order chi connectivity index (χ1) is 9.78. The van der Waals surface area contributed by atoms with Crippen molar-refractivity contribution in [1.29, 1.82) is 5.26 Å². The van der Waals surface area contributed by atoms with Crippen LogP contribution in [0.5, 0.6) is 0 Å². The zero-order valence-electron chi connectivity index (χ0n) is 10.6. The lowest BCUT2D eigenvalue weighted by Gasteiger charge is -2.06. The van der Waals surface area contributed by atoms with E-state index in [4.69, 9.17) is 11.0 Å². The third kappa shape index (κ3) is 2.10. The molecular formula is C15H11N5. The van der Waals surface area contributed by atoms with Gasteiger partial charge in [-0.05, 0) is 36.4 Å². The first-order valence-electron chi connectivity index (χ1n) is 6.05. The Bertz CT molecular complexity index is 766. The van der Waals surface area contributed by atoms with Crippen molar-refractivity contribution in [1.82, 2.24) is 14.8 Å². The normalized spacial score (nSPS) is 10.2. The molecule has 5 heteroatoms. The smallest absolute Gasteiger partial charge is 0.163 e. The lowest BCUT2D eigenvalue weighted by atomic mass is 10.2. The van der Waals surface area contributed by atoms with Gasteiger partial charge in [0.2, 0.25) is 0 Å². The third-order valence-electron chi connectivity index (χ3n) is 2.89. The van der Waals surface area contributed by atoms with Gasteiger partial charge in [0.15, 0.2) is 5.69 Å². The summed E-state index contributed by atoms with van der Waals surface area (Å²) in [7, 11) is 0. The summed E-state index contributed by atoms with van der Waals surface area (Å²) in [4.78, 5) is 4.31. The molecule has 96 valence electrons. The van der Waals surface area contributed by atoms with Crippen molar-refractivity contribution in [2.75, 3.05) is 5.73 Å². The molecule has 0 fully saturated rings. The third-order valence-corrected chi connectivity index (χ3v) is 2.89. The predicted molar refractivity (Wildman–Crippen MR) is 75.9 cm³/mol. The average Bonchev–Trinajstić information content (AvgIpc) is 2.93. The summed E-state index contributed by atoms with van der Waals surface area (Å²) in [6.45, 7) is 0. The van der Waals surface area contributed by atoms with Crippen molar-refractivity contribution in [2.45, 2.75) is 0 Å². The van der Waals surface area contributed by atoms with E-state index in [2.05, 4.69) is 16.2 Å². The van der Waals surface area contributed by atoms with Crippen LogP contribution in [-0.2, 0) is 0 Å². The largest absolute Gasteiger partial charge is 0.399 e. The van der Waals surface area contributed by atoms with E-state index >= 15 is 0 Å². The molecule has 1 aromatic carbocycles. The van der Waals surface area contributed by atoms with Gasteiger partial charge in [-0.15, -0.1) is 0 Å². The second-order valence-corrected chi connectivity index (χ2v) is 4.24. The van der Waals surface area contributed by atoms with E-state index in [9.17, 15) is 0 Å². The van der Waals surface area contributed by atoms with Crippen molar-refractivity contribution in [2.24, 2.45) is 0 Å². The summed E-state index contributed by atoms with van der Waals surface area (Å²) in [6.07, 6.45) is 1.71. The summed E-state index contributed by atoms with van der Waals surface area (Å²) in [5.41, 5.74) is 9.09. The Hall–Kier alpha value is -3.13. The highest BCUT2D eigenvalue weighted by Gasteiger charge is 2.12. The van der Waals surface area contributed by atoms with Crippen LogP contribution in [0.4, 0.5) is 5.69 Å². The first-order valence-corrected chi connectivity index (χ1v) is 6.05. The maximum atomic E-state index is 9.05. The topological polar surface area (TPSA) is 80.5 Å². The lowest BCUT2D eigenvalue weighted by molar-refractivity contribution is 0.877. The van der Waals surface area contributed by atoms with E-state index in [0.717, 1.165) is 17.1 Å². The minimum Gasteiger partial charge on any atom is -0.399 e. The van der Waals surface area contributed by atoms with E-state index in [1.807, 2.05) is 30.3 Å². The molecule has 2 heterocycles. The summed E-state index contributed by atoms with van der Waals surface area (Å²) in [5, 5.41) is 13.3. The van der Waals surface area contributed by atoms with Gasteiger partial charge in [0.05, 0.1) is 17.1 Å².